The van der Waals surface area contributed by atoms with E-state index in [4.69, 9.17) is 9.84 Å². The van der Waals surface area contributed by atoms with Crippen molar-refractivity contribution >= 4 is 22.4 Å². The van der Waals surface area contributed by atoms with Crippen molar-refractivity contribution in [3.05, 3.63) is 64.3 Å². The van der Waals surface area contributed by atoms with Crippen molar-refractivity contribution in [2.75, 3.05) is 20.2 Å². The van der Waals surface area contributed by atoms with Crippen LogP contribution in [0.2, 0.25) is 0 Å². The average molecular weight is 431 g/mol. The fraction of sp³-hybridized carbons (Fsp3) is 0.333. The van der Waals surface area contributed by atoms with Gasteiger partial charge in [0, 0.05) is 28.8 Å². The second-order valence-corrected chi connectivity index (χ2v) is 8.27. The van der Waals surface area contributed by atoms with E-state index in [-0.39, 0.29) is 24.0 Å². The van der Waals surface area contributed by atoms with Crippen LogP contribution in [0.4, 0.5) is 0 Å². The molecule has 0 radical (unpaired) electrons. The largest absolute Gasteiger partial charge is 0.469 e. The Bertz CT molecular complexity index is 1380. The molecule has 1 aromatic carbocycles. The summed E-state index contributed by atoms with van der Waals surface area (Å²) in [5, 5.41) is 9.60. The quantitative estimate of drug-likeness (QED) is 0.500. The Labute approximate surface area is 184 Å². The van der Waals surface area contributed by atoms with Crippen molar-refractivity contribution < 1.29 is 9.53 Å². The lowest BCUT2D eigenvalue weighted by molar-refractivity contribution is -0.139. The lowest BCUT2D eigenvalue weighted by Crippen LogP contribution is -2.34. The summed E-state index contributed by atoms with van der Waals surface area (Å²) in [6, 6.07) is 9.87. The fourth-order valence-electron chi connectivity index (χ4n) is 4.45. The smallest absolute Gasteiger partial charge is 0.310 e. The molecule has 0 saturated carbocycles. The molecule has 0 aliphatic carbocycles. The highest BCUT2D eigenvalue weighted by Crippen LogP contribution is 2.25. The third-order valence-corrected chi connectivity index (χ3v) is 6.11. The number of pyridine rings is 1. The molecule has 8 nitrogen and oxygen atoms in total. The predicted octanol–water partition coefficient (Wildman–Crippen LogP) is 2.66. The van der Waals surface area contributed by atoms with E-state index in [1.807, 2.05) is 54.2 Å². The van der Waals surface area contributed by atoms with Gasteiger partial charge in [0.15, 0.2) is 5.65 Å². The molecule has 1 saturated heterocycles. The van der Waals surface area contributed by atoms with Crippen molar-refractivity contribution in [3.63, 3.8) is 0 Å². The molecule has 0 spiro atoms. The van der Waals surface area contributed by atoms with Gasteiger partial charge >= 0.3 is 5.97 Å². The van der Waals surface area contributed by atoms with Crippen LogP contribution in [0, 0.1) is 6.92 Å². The first-order valence-electron chi connectivity index (χ1n) is 10.8. The number of hydrogen-bond donors (Lipinski definition) is 1. The first-order valence-corrected chi connectivity index (χ1v) is 10.8. The summed E-state index contributed by atoms with van der Waals surface area (Å²) < 4.78 is 8.42. The van der Waals surface area contributed by atoms with Crippen LogP contribution in [0.5, 0.6) is 0 Å². The van der Waals surface area contributed by atoms with Crippen molar-refractivity contribution in [2.45, 2.75) is 32.2 Å². The number of aryl methyl sites for hydroxylation is 1. The van der Waals surface area contributed by atoms with Gasteiger partial charge in [-0.25, -0.2) is 9.50 Å². The fourth-order valence-corrected chi connectivity index (χ4v) is 4.45. The van der Waals surface area contributed by atoms with Crippen LogP contribution >= 0.6 is 0 Å². The van der Waals surface area contributed by atoms with Crippen LogP contribution in [0.15, 0.2) is 47.5 Å². The summed E-state index contributed by atoms with van der Waals surface area (Å²) >= 11 is 0. The van der Waals surface area contributed by atoms with E-state index in [9.17, 15) is 9.59 Å². The van der Waals surface area contributed by atoms with Crippen LogP contribution < -0.4 is 10.9 Å². The topological polar surface area (TPSA) is 90.5 Å². The number of ether oxygens (including phenoxy) is 1. The summed E-state index contributed by atoms with van der Waals surface area (Å²) in [6.07, 6.45) is 5.77. The van der Waals surface area contributed by atoms with Gasteiger partial charge in [-0.05, 0) is 62.5 Å². The molecule has 4 heterocycles. The molecule has 1 aliphatic heterocycles. The average Bonchev–Trinajstić information content (AvgIpc) is 3.20. The van der Waals surface area contributed by atoms with Gasteiger partial charge in [-0.3, -0.25) is 9.59 Å². The van der Waals surface area contributed by atoms with Crippen LogP contribution in [0.3, 0.4) is 0 Å². The molecule has 3 aromatic heterocycles. The van der Waals surface area contributed by atoms with Crippen molar-refractivity contribution in [1.29, 1.82) is 0 Å². The number of nitrogens with zero attached hydrogens (tertiary/aromatic N) is 4. The van der Waals surface area contributed by atoms with Gasteiger partial charge in [0.2, 0.25) is 0 Å². The van der Waals surface area contributed by atoms with Gasteiger partial charge < -0.3 is 14.6 Å². The number of carbonyl (C=O) groups is 1. The minimum atomic E-state index is -0.332. The second kappa shape index (κ2) is 8.20. The number of piperidine rings is 1. The van der Waals surface area contributed by atoms with Crippen molar-refractivity contribution in [3.8, 4) is 11.3 Å². The molecule has 164 valence electrons. The molecule has 8 heteroatoms. The number of rotatable bonds is 4. The maximum Gasteiger partial charge on any atom is 0.310 e. The van der Waals surface area contributed by atoms with Gasteiger partial charge in [-0.2, -0.15) is 5.10 Å². The maximum atomic E-state index is 13.1. The first kappa shape index (κ1) is 20.4. The van der Waals surface area contributed by atoms with E-state index in [1.165, 1.54) is 7.11 Å². The summed E-state index contributed by atoms with van der Waals surface area (Å²) in [7, 11) is 1.37. The van der Waals surface area contributed by atoms with Crippen LogP contribution in [0.25, 0.3) is 27.7 Å². The second-order valence-electron chi connectivity index (χ2n) is 8.27. The summed E-state index contributed by atoms with van der Waals surface area (Å²) in [4.78, 5) is 29.6. The van der Waals surface area contributed by atoms with Gasteiger partial charge in [0.1, 0.15) is 0 Å². The Balaban J connectivity index is 1.58. The van der Waals surface area contributed by atoms with E-state index in [1.54, 1.807) is 4.52 Å². The van der Waals surface area contributed by atoms with Crippen LogP contribution in [-0.2, 0) is 16.0 Å². The molecule has 1 fully saturated rings. The predicted molar refractivity (Wildman–Crippen MR) is 122 cm³/mol. The molecule has 0 unspecified atom stereocenters. The Hall–Kier alpha value is -3.52. The van der Waals surface area contributed by atoms with E-state index in [0.29, 0.717) is 16.7 Å². The van der Waals surface area contributed by atoms with E-state index in [2.05, 4.69) is 10.3 Å². The number of hydrogen-bond acceptors (Lipinski definition) is 6. The highest BCUT2D eigenvalue weighted by atomic mass is 16.5. The highest BCUT2D eigenvalue weighted by Gasteiger charge is 2.18. The molecule has 1 aliphatic rings. The molecule has 4 aromatic rings. The number of aromatic nitrogens is 4. The third-order valence-electron chi connectivity index (χ3n) is 6.11. The number of esters is 1. The lowest BCUT2D eigenvalue weighted by Gasteiger charge is -2.25. The molecular weight excluding hydrogens is 406 g/mol. The number of nitrogens with one attached hydrogen (secondary N) is 1. The Morgan fingerprint density at radius 1 is 1.22 bits per heavy atom. The molecular formula is C24H25N5O3. The van der Waals surface area contributed by atoms with Gasteiger partial charge in [-0.1, -0.05) is 6.07 Å². The minimum absolute atomic E-state index is 0.0426. The maximum absolute atomic E-state index is 13.1. The van der Waals surface area contributed by atoms with Gasteiger partial charge in [0.05, 0.1) is 31.1 Å². The van der Waals surface area contributed by atoms with E-state index >= 15 is 0 Å². The Morgan fingerprint density at radius 3 is 2.81 bits per heavy atom. The Morgan fingerprint density at radius 2 is 2.03 bits per heavy atom. The standard InChI is InChI=1S/C24H25N5O3/c1-15-14-29-23(26-15)18(13-22(30)32-2)12-21(27-29)17-3-4-20-16(11-17)7-10-28(24(20)31)19-5-8-25-9-6-19/h3-4,7,10-12,14,19,25H,5-6,8-9,13H2,1-2H3. The lowest BCUT2D eigenvalue weighted by atomic mass is 10.0. The molecule has 0 bridgehead atoms. The SMILES string of the molecule is COC(=O)Cc1cc(-c2ccc3c(=O)n(C4CCNCC4)ccc3c2)nn2cc(C)nc12. The third kappa shape index (κ3) is 3.67. The summed E-state index contributed by atoms with van der Waals surface area (Å²) in [5.41, 5.74) is 3.83. The highest BCUT2D eigenvalue weighted by molar-refractivity contribution is 5.86. The van der Waals surface area contributed by atoms with E-state index < -0.39 is 0 Å². The van der Waals surface area contributed by atoms with Crippen molar-refractivity contribution in [1.82, 2.24) is 24.5 Å². The number of imidazole rings is 1. The summed E-state index contributed by atoms with van der Waals surface area (Å²) in [6.45, 7) is 3.76. The van der Waals surface area contributed by atoms with Gasteiger partial charge in [-0.15, -0.1) is 0 Å². The van der Waals surface area contributed by atoms with Crippen molar-refractivity contribution in [2.24, 2.45) is 0 Å². The normalized spacial score (nSPS) is 14.8. The molecule has 0 atom stereocenters. The zero-order chi connectivity index (χ0) is 22.2. The van der Waals surface area contributed by atoms with Crippen LogP contribution in [0.1, 0.15) is 30.1 Å². The van der Waals surface area contributed by atoms with Gasteiger partial charge in [0.25, 0.3) is 5.56 Å². The number of fused-ring (bicyclic) bond motifs is 2. The molecule has 5 rings (SSSR count). The first-order chi connectivity index (χ1) is 15.5. The summed E-state index contributed by atoms with van der Waals surface area (Å²) in [5.74, 6) is -0.332. The Kier molecular flexibility index (Phi) is 5.22. The zero-order valence-electron chi connectivity index (χ0n) is 18.2. The molecule has 0 amide bonds. The number of benzene rings is 1. The zero-order valence-corrected chi connectivity index (χ0v) is 18.2. The number of methoxy groups -OCH3 is 1. The number of carbonyl (C=O) groups excluding carboxylic acids is 1. The monoisotopic (exact) mass is 431 g/mol. The molecule has 32 heavy (non-hydrogen) atoms. The molecule has 1 N–H and O–H groups in total. The van der Waals surface area contributed by atoms with E-state index in [0.717, 1.165) is 48.1 Å². The minimum Gasteiger partial charge on any atom is -0.469 e. The van der Waals surface area contributed by atoms with Crippen LogP contribution in [-0.4, -0.2) is 45.3 Å².